The Morgan fingerprint density at radius 3 is 2.60 bits per heavy atom. The molecule has 0 saturated carbocycles. The summed E-state index contributed by atoms with van der Waals surface area (Å²) in [5.74, 6) is 0.518. The molecule has 4 heterocycles. The highest BCUT2D eigenvalue weighted by molar-refractivity contribution is 7.15. The third-order valence-corrected chi connectivity index (χ3v) is 7.13. The van der Waals surface area contributed by atoms with E-state index >= 15 is 0 Å². The van der Waals surface area contributed by atoms with Gasteiger partial charge in [-0.15, -0.1) is 16.4 Å². The Kier molecular flexibility index (Phi) is 5.05. The van der Waals surface area contributed by atoms with Crippen LogP contribution in [-0.4, -0.2) is 29.3 Å². The third kappa shape index (κ3) is 3.82. The number of benzene rings is 2. The lowest BCUT2D eigenvalue weighted by molar-refractivity contribution is -0.384. The van der Waals surface area contributed by atoms with Crippen molar-refractivity contribution in [1.82, 2.24) is 24.4 Å². The van der Waals surface area contributed by atoms with E-state index in [-0.39, 0.29) is 11.2 Å². The third-order valence-electron chi connectivity index (χ3n) is 5.30. The van der Waals surface area contributed by atoms with E-state index in [1.807, 2.05) is 47.8 Å². The molecule has 170 valence electrons. The van der Waals surface area contributed by atoms with Crippen LogP contribution in [0.3, 0.4) is 0 Å². The molecule has 6 aromatic rings. The quantitative estimate of drug-likeness (QED) is 0.261. The number of nitro groups is 1. The van der Waals surface area contributed by atoms with Gasteiger partial charge in [0.2, 0.25) is 4.96 Å². The van der Waals surface area contributed by atoms with Crippen molar-refractivity contribution in [3.63, 3.8) is 0 Å². The van der Waals surface area contributed by atoms with Crippen LogP contribution in [-0.2, 0) is 0 Å². The summed E-state index contributed by atoms with van der Waals surface area (Å²) in [5.41, 5.74) is 2.26. The molecule has 0 amide bonds. The number of rotatable bonds is 5. The summed E-state index contributed by atoms with van der Waals surface area (Å²) in [7, 11) is 0. The summed E-state index contributed by atoms with van der Waals surface area (Å²) in [5, 5.41) is 22.3. The molecular formula is C24H14N6O3S2. The minimum atomic E-state index is -0.442. The van der Waals surface area contributed by atoms with E-state index in [4.69, 9.17) is 5.10 Å². The van der Waals surface area contributed by atoms with Gasteiger partial charge < -0.3 is 0 Å². The molecule has 35 heavy (non-hydrogen) atoms. The van der Waals surface area contributed by atoms with Crippen molar-refractivity contribution < 1.29 is 4.92 Å². The van der Waals surface area contributed by atoms with Crippen LogP contribution in [0.4, 0.5) is 5.69 Å². The number of nitrogens with zero attached hydrogens (tertiary/aromatic N) is 6. The lowest BCUT2D eigenvalue weighted by Crippen LogP contribution is -2.23. The van der Waals surface area contributed by atoms with Crippen molar-refractivity contribution in [2.45, 2.75) is 0 Å². The molecule has 11 heteroatoms. The Balaban J connectivity index is 1.52. The van der Waals surface area contributed by atoms with Gasteiger partial charge in [0.15, 0.2) is 5.82 Å². The predicted molar refractivity (Wildman–Crippen MR) is 135 cm³/mol. The molecule has 2 aromatic carbocycles. The summed E-state index contributed by atoms with van der Waals surface area (Å²) >= 11 is 2.74. The van der Waals surface area contributed by atoms with Crippen LogP contribution in [0.2, 0.25) is 0 Å². The Bertz CT molecular complexity index is 1800. The second-order valence-corrected chi connectivity index (χ2v) is 9.50. The SMILES string of the molecule is O=c1c(=Cc2cn(-c3ccccc3)nc2-c2cccc([N+](=O)[O-])c2)sc2nc(-c3cccs3)nn12. The molecule has 0 atom stereocenters. The molecule has 0 N–H and O–H groups in total. The zero-order valence-corrected chi connectivity index (χ0v) is 19.4. The highest BCUT2D eigenvalue weighted by Crippen LogP contribution is 2.28. The lowest BCUT2D eigenvalue weighted by atomic mass is 10.1. The normalized spacial score (nSPS) is 11.9. The molecule has 0 aliphatic heterocycles. The van der Waals surface area contributed by atoms with Crippen molar-refractivity contribution >= 4 is 39.4 Å². The van der Waals surface area contributed by atoms with E-state index in [1.54, 1.807) is 29.1 Å². The number of nitro benzene ring substituents is 1. The van der Waals surface area contributed by atoms with Crippen LogP contribution in [0.25, 0.3) is 38.7 Å². The topological polar surface area (TPSA) is 108 Å². The molecule has 0 bridgehead atoms. The number of aromatic nitrogens is 5. The van der Waals surface area contributed by atoms with Gasteiger partial charge in [-0.1, -0.05) is 47.7 Å². The molecule has 0 fully saturated rings. The van der Waals surface area contributed by atoms with E-state index in [0.717, 1.165) is 10.6 Å². The zero-order chi connectivity index (χ0) is 23.9. The molecule has 0 unspecified atom stereocenters. The first-order valence-electron chi connectivity index (χ1n) is 10.4. The van der Waals surface area contributed by atoms with Gasteiger partial charge >= 0.3 is 0 Å². The van der Waals surface area contributed by atoms with Crippen molar-refractivity contribution in [2.75, 3.05) is 0 Å². The van der Waals surface area contributed by atoms with Gasteiger partial charge in [0.25, 0.3) is 11.2 Å². The lowest BCUT2D eigenvalue weighted by Gasteiger charge is -2.00. The molecule has 9 nitrogen and oxygen atoms in total. The van der Waals surface area contributed by atoms with E-state index in [0.29, 0.717) is 32.1 Å². The van der Waals surface area contributed by atoms with Gasteiger partial charge in [0.1, 0.15) is 5.69 Å². The van der Waals surface area contributed by atoms with Gasteiger partial charge in [-0.25, -0.2) is 4.68 Å². The van der Waals surface area contributed by atoms with Gasteiger partial charge in [0, 0.05) is 29.5 Å². The van der Waals surface area contributed by atoms with Crippen LogP contribution in [0.15, 0.2) is 83.1 Å². The van der Waals surface area contributed by atoms with Crippen molar-refractivity contribution in [3.8, 4) is 27.6 Å². The number of thiazole rings is 1. The molecule has 0 spiro atoms. The number of fused-ring (bicyclic) bond motifs is 1. The van der Waals surface area contributed by atoms with Gasteiger partial charge in [-0.2, -0.15) is 14.6 Å². The van der Waals surface area contributed by atoms with Crippen LogP contribution in [0.1, 0.15) is 5.56 Å². The van der Waals surface area contributed by atoms with Gasteiger partial charge in [0.05, 0.1) is 20.0 Å². The van der Waals surface area contributed by atoms with Gasteiger partial charge in [-0.05, 0) is 29.7 Å². The minimum absolute atomic E-state index is 0.0351. The maximum Gasteiger partial charge on any atom is 0.291 e. The second kappa shape index (κ2) is 8.38. The summed E-state index contributed by atoms with van der Waals surface area (Å²) in [4.78, 5) is 29.9. The first-order valence-corrected chi connectivity index (χ1v) is 12.1. The Hall–Kier alpha value is -4.48. The Morgan fingerprint density at radius 2 is 1.86 bits per heavy atom. The first-order chi connectivity index (χ1) is 17.1. The van der Waals surface area contributed by atoms with Crippen LogP contribution in [0, 0.1) is 10.1 Å². The fourth-order valence-electron chi connectivity index (χ4n) is 3.68. The Morgan fingerprint density at radius 1 is 1.00 bits per heavy atom. The van der Waals surface area contributed by atoms with Crippen molar-refractivity contribution in [3.05, 3.63) is 109 Å². The number of para-hydroxylation sites is 1. The highest BCUT2D eigenvalue weighted by atomic mass is 32.1. The van der Waals surface area contributed by atoms with Gasteiger partial charge in [-0.3, -0.25) is 14.9 Å². The van der Waals surface area contributed by atoms with Crippen LogP contribution < -0.4 is 10.1 Å². The molecular weight excluding hydrogens is 484 g/mol. The van der Waals surface area contributed by atoms with Crippen molar-refractivity contribution in [1.29, 1.82) is 0 Å². The molecule has 0 saturated heterocycles. The highest BCUT2D eigenvalue weighted by Gasteiger charge is 2.16. The molecule has 0 aliphatic carbocycles. The summed E-state index contributed by atoms with van der Waals surface area (Å²) < 4.78 is 3.44. The van der Waals surface area contributed by atoms with E-state index < -0.39 is 4.92 Å². The van der Waals surface area contributed by atoms with Crippen LogP contribution >= 0.6 is 22.7 Å². The second-order valence-electron chi connectivity index (χ2n) is 7.54. The number of thiophene rings is 1. The fourth-order valence-corrected chi connectivity index (χ4v) is 5.23. The summed E-state index contributed by atoms with van der Waals surface area (Å²) in [6.45, 7) is 0. The average molecular weight is 499 g/mol. The maximum absolute atomic E-state index is 13.1. The average Bonchev–Trinajstić information content (AvgIpc) is 3.66. The summed E-state index contributed by atoms with van der Waals surface area (Å²) in [6.07, 6.45) is 3.53. The summed E-state index contributed by atoms with van der Waals surface area (Å²) in [6, 6.07) is 19.6. The first kappa shape index (κ1) is 21.1. The van der Waals surface area contributed by atoms with E-state index in [2.05, 4.69) is 10.1 Å². The van der Waals surface area contributed by atoms with E-state index in [1.165, 1.54) is 39.3 Å². The smallest absolute Gasteiger partial charge is 0.266 e. The number of hydrogen-bond donors (Lipinski definition) is 0. The fraction of sp³-hybridized carbons (Fsp3) is 0. The monoisotopic (exact) mass is 498 g/mol. The predicted octanol–water partition coefficient (Wildman–Crippen LogP) is 4.19. The zero-order valence-electron chi connectivity index (χ0n) is 17.8. The molecule has 6 rings (SSSR count). The van der Waals surface area contributed by atoms with Crippen LogP contribution in [0.5, 0.6) is 0 Å². The molecule has 4 aromatic heterocycles. The maximum atomic E-state index is 13.1. The Labute approximate surface area is 205 Å². The standard InChI is InChI=1S/C24H14N6O3S2/c31-23-20(35-24-25-22(27-29(23)24)19-10-5-11-34-19)13-16-14-28(17-7-2-1-3-8-17)26-21(16)15-6-4-9-18(12-15)30(32)33/h1-14H. The molecule has 0 aliphatic rings. The number of hydrogen-bond acceptors (Lipinski definition) is 8. The molecule has 0 radical (unpaired) electrons. The minimum Gasteiger partial charge on any atom is -0.266 e. The van der Waals surface area contributed by atoms with Crippen molar-refractivity contribution in [2.24, 2.45) is 0 Å². The number of non-ortho nitro benzene ring substituents is 1. The largest absolute Gasteiger partial charge is 0.291 e. The van der Waals surface area contributed by atoms with E-state index in [9.17, 15) is 14.9 Å².